The van der Waals surface area contributed by atoms with E-state index in [1.807, 2.05) is 38.1 Å². The van der Waals surface area contributed by atoms with Crippen LogP contribution in [0, 0.1) is 6.92 Å². The molecule has 3 aromatic rings. The van der Waals surface area contributed by atoms with Gasteiger partial charge in [0.05, 0.1) is 12.2 Å². The zero-order valence-electron chi connectivity index (χ0n) is 17.2. The van der Waals surface area contributed by atoms with Crippen LogP contribution in [-0.2, 0) is 16.0 Å². The summed E-state index contributed by atoms with van der Waals surface area (Å²) >= 11 is 0. The first kappa shape index (κ1) is 21.2. The summed E-state index contributed by atoms with van der Waals surface area (Å²) in [5.41, 5.74) is 3.09. The van der Waals surface area contributed by atoms with Crippen LogP contribution in [0.15, 0.2) is 53.1 Å². The molecule has 2 aromatic carbocycles. The molecule has 0 atom stereocenters. The smallest absolute Gasteiger partial charge is 0.338 e. The van der Waals surface area contributed by atoms with E-state index in [1.165, 1.54) is 0 Å². The van der Waals surface area contributed by atoms with Gasteiger partial charge >= 0.3 is 5.97 Å². The first-order valence-electron chi connectivity index (χ1n) is 10.0. The Balaban J connectivity index is 1.48. The number of esters is 1. The maximum absolute atomic E-state index is 12.2. The number of carbonyl (C=O) groups is 2. The Morgan fingerprint density at radius 3 is 2.50 bits per heavy atom. The van der Waals surface area contributed by atoms with Crippen molar-refractivity contribution in [2.45, 2.75) is 39.5 Å². The predicted octanol–water partition coefficient (Wildman–Crippen LogP) is 4.57. The Bertz CT molecular complexity index is 978. The van der Waals surface area contributed by atoms with Gasteiger partial charge in [0.15, 0.2) is 0 Å². The van der Waals surface area contributed by atoms with Crippen LogP contribution in [0.1, 0.15) is 48.0 Å². The number of unbranched alkanes of at least 4 members (excludes halogenated alkanes) is 1. The quantitative estimate of drug-likeness (QED) is 0.412. The van der Waals surface area contributed by atoms with Gasteiger partial charge in [-0.25, -0.2) is 4.79 Å². The van der Waals surface area contributed by atoms with Crippen molar-refractivity contribution in [1.29, 1.82) is 0 Å². The normalized spacial score (nSPS) is 10.6. The third-order valence-electron chi connectivity index (χ3n) is 4.48. The molecule has 0 bridgehead atoms. The van der Waals surface area contributed by atoms with Gasteiger partial charge in [0.2, 0.25) is 17.6 Å². The second kappa shape index (κ2) is 10.3. The summed E-state index contributed by atoms with van der Waals surface area (Å²) in [7, 11) is 0. The van der Waals surface area contributed by atoms with Crippen LogP contribution in [0.2, 0.25) is 0 Å². The van der Waals surface area contributed by atoms with Gasteiger partial charge in [-0.2, -0.15) is 4.98 Å². The van der Waals surface area contributed by atoms with Crippen molar-refractivity contribution >= 4 is 17.6 Å². The maximum atomic E-state index is 12.2. The monoisotopic (exact) mass is 407 g/mol. The Morgan fingerprint density at radius 1 is 1.07 bits per heavy atom. The number of aryl methyl sites for hydroxylation is 2. The molecule has 7 nitrogen and oxygen atoms in total. The van der Waals surface area contributed by atoms with Gasteiger partial charge in [-0.1, -0.05) is 48.3 Å². The van der Waals surface area contributed by atoms with E-state index in [2.05, 4.69) is 15.5 Å². The average molecular weight is 407 g/mol. The third-order valence-corrected chi connectivity index (χ3v) is 4.48. The number of anilines is 1. The molecule has 1 heterocycles. The number of aromatic nitrogens is 2. The minimum Gasteiger partial charge on any atom is -0.462 e. The standard InChI is InChI=1S/C23H25N3O4/c1-3-4-15-29-23(28)18-9-11-19(12-10-18)24-20(27)13-14-21-25-22(26-30-21)17-7-5-16(2)6-8-17/h5-12H,3-4,13-15H2,1-2H3,(H,24,27). The van der Waals surface area contributed by atoms with Crippen LogP contribution in [0.25, 0.3) is 11.4 Å². The molecule has 1 aromatic heterocycles. The van der Waals surface area contributed by atoms with Crippen LogP contribution in [-0.4, -0.2) is 28.6 Å². The zero-order chi connectivity index (χ0) is 21.3. The van der Waals surface area contributed by atoms with Crippen molar-refractivity contribution in [3.63, 3.8) is 0 Å². The van der Waals surface area contributed by atoms with Gasteiger partial charge < -0.3 is 14.6 Å². The van der Waals surface area contributed by atoms with E-state index in [-0.39, 0.29) is 18.3 Å². The minimum absolute atomic E-state index is 0.177. The fraction of sp³-hybridized carbons (Fsp3) is 0.304. The van der Waals surface area contributed by atoms with Crippen LogP contribution in [0.5, 0.6) is 0 Å². The molecule has 0 fully saturated rings. The summed E-state index contributed by atoms with van der Waals surface area (Å²) < 4.78 is 10.4. The third kappa shape index (κ3) is 6.01. The maximum Gasteiger partial charge on any atom is 0.338 e. The van der Waals surface area contributed by atoms with Gasteiger partial charge in [-0.3, -0.25) is 4.79 Å². The first-order valence-corrected chi connectivity index (χ1v) is 10.0. The summed E-state index contributed by atoms with van der Waals surface area (Å²) in [6, 6.07) is 14.4. The van der Waals surface area contributed by atoms with Crippen LogP contribution in [0.3, 0.4) is 0 Å². The number of nitrogens with one attached hydrogen (secondary N) is 1. The molecule has 3 rings (SSSR count). The van der Waals surface area contributed by atoms with Crippen molar-refractivity contribution in [3.8, 4) is 11.4 Å². The van der Waals surface area contributed by atoms with Crippen LogP contribution >= 0.6 is 0 Å². The van der Waals surface area contributed by atoms with E-state index in [4.69, 9.17) is 9.26 Å². The Hall–Kier alpha value is -3.48. The van der Waals surface area contributed by atoms with Gasteiger partial charge in [0.1, 0.15) is 0 Å². The van der Waals surface area contributed by atoms with E-state index in [0.29, 0.717) is 36.0 Å². The lowest BCUT2D eigenvalue weighted by molar-refractivity contribution is -0.116. The fourth-order valence-electron chi connectivity index (χ4n) is 2.70. The number of amides is 1. The molecular formula is C23H25N3O4. The minimum atomic E-state index is -0.359. The number of carbonyl (C=O) groups excluding carboxylic acids is 2. The van der Waals surface area contributed by atoms with Crippen molar-refractivity contribution in [2.75, 3.05) is 11.9 Å². The molecule has 0 saturated carbocycles. The molecule has 0 spiro atoms. The second-order valence-electron chi connectivity index (χ2n) is 6.99. The Labute approximate surface area is 175 Å². The molecule has 1 amide bonds. The molecule has 0 aliphatic rings. The highest BCUT2D eigenvalue weighted by molar-refractivity contribution is 5.93. The van der Waals surface area contributed by atoms with Crippen molar-refractivity contribution < 1.29 is 18.8 Å². The zero-order valence-corrected chi connectivity index (χ0v) is 17.2. The number of rotatable bonds is 9. The van der Waals surface area contributed by atoms with E-state index in [9.17, 15) is 9.59 Å². The van der Waals surface area contributed by atoms with E-state index < -0.39 is 0 Å². The predicted molar refractivity (Wildman–Crippen MR) is 113 cm³/mol. The number of hydrogen-bond donors (Lipinski definition) is 1. The number of hydrogen-bond acceptors (Lipinski definition) is 6. The van der Waals surface area contributed by atoms with Crippen molar-refractivity contribution in [3.05, 3.63) is 65.5 Å². The summed E-state index contributed by atoms with van der Waals surface area (Å²) in [6.45, 7) is 4.46. The molecule has 0 aliphatic heterocycles. The molecule has 156 valence electrons. The Morgan fingerprint density at radius 2 is 1.80 bits per heavy atom. The van der Waals surface area contributed by atoms with Gasteiger partial charge in [0.25, 0.3) is 0 Å². The summed E-state index contributed by atoms with van der Waals surface area (Å²) in [4.78, 5) is 28.4. The Kier molecular flexibility index (Phi) is 7.32. The van der Waals surface area contributed by atoms with Crippen molar-refractivity contribution in [1.82, 2.24) is 10.1 Å². The van der Waals surface area contributed by atoms with Crippen molar-refractivity contribution in [2.24, 2.45) is 0 Å². The second-order valence-corrected chi connectivity index (χ2v) is 6.99. The fourth-order valence-corrected chi connectivity index (χ4v) is 2.70. The lowest BCUT2D eigenvalue weighted by Crippen LogP contribution is -2.13. The molecule has 0 radical (unpaired) electrons. The summed E-state index contributed by atoms with van der Waals surface area (Å²) in [6.07, 6.45) is 2.35. The van der Waals surface area contributed by atoms with E-state index in [0.717, 1.165) is 24.0 Å². The largest absolute Gasteiger partial charge is 0.462 e. The SMILES string of the molecule is CCCCOC(=O)c1ccc(NC(=O)CCc2nc(-c3ccc(C)cc3)no2)cc1. The topological polar surface area (TPSA) is 94.3 Å². The molecule has 30 heavy (non-hydrogen) atoms. The summed E-state index contributed by atoms with van der Waals surface area (Å²) in [5.74, 6) is 0.378. The molecule has 1 N–H and O–H groups in total. The highest BCUT2D eigenvalue weighted by atomic mass is 16.5. The van der Waals surface area contributed by atoms with Gasteiger partial charge in [0, 0.05) is 24.1 Å². The number of nitrogens with zero attached hydrogens (tertiary/aromatic N) is 2. The van der Waals surface area contributed by atoms with Gasteiger partial charge in [-0.15, -0.1) is 0 Å². The summed E-state index contributed by atoms with van der Waals surface area (Å²) in [5, 5.41) is 6.76. The van der Waals surface area contributed by atoms with E-state index >= 15 is 0 Å². The van der Waals surface area contributed by atoms with Gasteiger partial charge in [-0.05, 0) is 37.6 Å². The first-order chi connectivity index (χ1) is 14.5. The average Bonchev–Trinajstić information content (AvgIpc) is 3.22. The number of ether oxygens (including phenoxy) is 1. The van der Waals surface area contributed by atoms with Crippen LogP contribution in [0.4, 0.5) is 5.69 Å². The molecule has 0 saturated heterocycles. The molecule has 7 heteroatoms. The number of benzene rings is 2. The molecule has 0 aliphatic carbocycles. The molecule has 0 unspecified atom stereocenters. The highest BCUT2D eigenvalue weighted by Gasteiger charge is 2.12. The molecular weight excluding hydrogens is 382 g/mol. The van der Waals surface area contributed by atoms with E-state index in [1.54, 1.807) is 24.3 Å². The lowest BCUT2D eigenvalue weighted by atomic mass is 10.1. The highest BCUT2D eigenvalue weighted by Crippen LogP contribution is 2.17. The van der Waals surface area contributed by atoms with Crippen LogP contribution < -0.4 is 5.32 Å². The lowest BCUT2D eigenvalue weighted by Gasteiger charge is -2.06.